The first kappa shape index (κ1) is 15.5. The van der Waals surface area contributed by atoms with E-state index in [1.807, 2.05) is 59.1 Å². The minimum absolute atomic E-state index is 0.245. The van der Waals surface area contributed by atoms with Crippen molar-refractivity contribution in [3.05, 3.63) is 60.9 Å². The van der Waals surface area contributed by atoms with Crippen molar-refractivity contribution in [3.63, 3.8) is 0 Å². The first-order chi connectivity index (χ1) is 13.3. The van der Waals surface area contributed by atoms with E-state index in [4.69, 9.17) is 19.2 Å². The molecule has 0 unspecified atom stereocenters. The molecule has 2 aromatic carbocycles. The summed E-state index contributed by atoms with van der Waals surface area (Å²) in [7, 11) is 1.65. The second kappa shape index (κ2) is 6.21. The van der Waals surface area contributed by atoms with Crippen LogP contribution in [-0.2, 0) is 0 Å². The van der Waals surface area contributed by atoms with Crippen LogP contribution in [0.15, 0.2) is 60.9 Å². The summed E-state index contributed by atoms with van der Waals surface area (Å²) in [4.78, 5) is 9.06. The van der Waals surface area contributed by atoms with E-state index in [-0.39, 0.29) is 6.79 Å². The first-order valence-electron chi connectivity index (χ1n) is 8.46. The van der Waals surface area contributed by atoms with Crippen molar-refractivity contribution in [1.29, 1.82) is 0 Å². The number of methoxy groups -OCH3 is 1. The van der Waals surface area contributed by atoms with E-state index < -0.39 is 0 Å². The van der Waals surface area contributed by atoms with Gasteiger partial charge in [0.2, 0.25) is 12.6 Å². The van der Waals surface area contributed by atoms with E-state index in [9.17, 15) is 0 Å². The highest BCUT2D eigenvalue weighted by atomic mass is 16.7. The van der Waals surface area contributed by atoms with Gasteiger partial charge in [0.05, 0.1) is 7.11 Å². The molecule has 0 amide bonds. The number of rotatable bonds is 4. The largest absolute Gasteiger partial charge is 0.497 e. The highest BCUT2D eigenvalue weighted by Gasteiger charge is 2.17. The average Bonchev–Trinajstić information content (AvgIpc) is 3.33. The number of ether oxygens (including phenoxy) is 3. The predicted octanol–water partition coefficient (Wildman–Crippen LogP) is 3.88. The van der Waals surface area contributed by atoms with E-state index in [0.29, 0.717) is 5.78 Å². The molecule has 0 fully saturated rings. The molecule has 7 heteroatoms. The summed E-state index contributed by atoms with van der Waals surface area (Å²) in [5, 5.41) is 3.45. The van der Waals surface area contributed by atoms with Crippen LogP contribution in [0.1, 0.15) is 0 Å². The van der Waals surface area contributed by atoms with Crippen LogP contribution in [-0.4, -0.2) is 28.3 Å². The quantitative estimate of drug-likeness (QED) is 0.596. The van der Waals surface area contributed by atoms with Crippen LogP contribution >= 0.6 is 0 Å². The number of hydrogen-bond acceptors (Lipinski definition) is 6. The summed E-state index contributed by atoms with van der Waals surface area (Å²) in [5.41, 5.74) is 2.64. The molecule has 0 aliphatic carbocycles. The molecule has 27 heavy (non-hydrogen) atoms. The monoisotopic (exact) mass is 360 g/mol. The second-order valence-corrected chi connectivity index (χ2v) is 6.02. The maximum absolute atomic E-state index is 5.48. The third-order valence-electron chi connectivity index (χ3n) is 4.40. The molecule has 0 saturated heterocycles. The zero-order chi connectivity index (χ0) is 18.2. The molecular formula is C20H16N4O3. The summed E-state index contributed by atoms with van der Waals surface area (Å²) in [6.45, 7) is 0.245. The molecule has 3 heterocycles. The maximum atomic E-state index is 5.48. The minimum Gasteiger partial charge on any atom is -0.497 e. The van der Waals surface area contributed by atoms with Crippen molar-refractivity contribution in [1.82, 2.24) is 14.4 Å². The Kier molecular flexibility index (Phi) is 3.57. The van der Waals surface area contributed by atoms with E-state index in [1.54, 1.807) is 13.3 Å². The third kappa shape index (κ3) is 2.69. The van der Waals surface area contributed by atoms with Crippen LogP contribution in [0, 0.1) is 0 Å². The predicted molar refractivity (Wildman–Crippen MR) is 101 cm³/mol. The van der Waals surface area contributed by atoms with Gasteiger partial charge in [-0.15, -0.1) is 0 Å². The summed E-state index contributed by atoms with van der Waals surface area (Å²) >= 11 is 0. The summed E-state index contributed by atoms with van der Waals surface area (Å²) in [5.74, 6) is 3.70. The zero-order valence-electron chi connectivity index (χ0n) is 14.5. The summed E-state index contributed by atoms with van der Waals surface area (Å²) in [6.07, 6.45) is 3.65. The number of anilines is 2. The molecule has 7 nitrogen and oxygen atoms in total. The Morgan fingerprint density at radius 3 is 2.78 bits per heavy atom. The van der Waals surface area contributed by atoms with Crippen LogP contribution in [0.25, 0.3) is 17.0 Å². The Bertz CT molecular complexity index is 1120. The minimum atomic E-state index is 0.245. The van der Waals surface area contributed by atoms with Gasteiger partial charge in [0.15, 0.2) is 11.5 Å². The van der Waals surface area contributed by atoms with Crippen molar-refractivity contribution in [2.45, 2.75) is 0 Å². The Balaban J connectivity index is 1.61. The number of nitrogens with one attached hydrogen (secondary N) is 1. The lowest BCUT2D eigenvalue weighted by Gasteiger charge is -2.10. The van der Waals surface area contributed by atoms with Crippen LogP contribution in [0.4, 0.5) is 11.5 Å². The molecule has 0 atom stereocenters. The third-order valence-corrected chi connectivity index (χ3v) is 4.40. The number of nitrogens with zero attached hydrogens (tertiary/aromatic N) is 3. The van der Waals surface area contributed by atoms with Gasteiger partial charge in [-0.25, -0.2) is 9.97 Å². The normalized spacial score (nSPS) is 12.3. The van der Waals surface area contributed by atoms with Crippen molar-refractivity contribution < 1.29 is 14.2 Å². The Labute approximate surface area is 155 Å². The van der Waals surface area contributed by atoms with Crippen LogP contribution in [0.3, 0.4) is 0 Å². The number of fused-ring (bicyclic) bond motifs is 2. The highest BCUT2D eigenvalue weighted by Crippen LogP contribution is 2.37. The van der Waals surface area contributed by atoms with E-state index in [0.717, 1.165) is 40.0 Å². The fourth-order valence-corrected chi connectivity index (χ4v) is 3.07. The Morgan fingerprint density at radius 2 is 1.93 bits per heavy atom. The maximum Gasteiger partial charge on any atom is 0.235 e. The second-order valence-electron chi connectivity index (χ2n) is 6.02. The molecule has 134 valence electrons. The molecule has 1 aliphatic heterocycles. The molecule has 2 aromatic heterocycles. The van der Waals surface area contributed by atoms with Gasteiger partial charge in [-0.1, -0.05) is 0 Å². The average molecular weight is 360 g/mol. The van der Waals surface area contributed by atoms with Gasteiger partial charge in [0.1, 0.15) is 17.3 Å². The van der Waals surface area contributed by atoms with Gasteiger partial charge >= 0.3 is 0 Å². The number of benzene rings is 2. The smallest absolute Gasteiger partial charge is 0.235 e. The Morgan fingerprint density at radius 1 is 1.07 bits per heavy atom. The topological polar surface area (TPSA) is 69.9 Å². The Hall–Kier alpha value is -3.74. The van der Waals surface area contributed by atoms with Crippen molar-refractivity contribution in [3.8, 4) is 28.5 Å². The molecule has 5 rings (SSSR count). The lowest BCUT2D eigenvalue weighted by Crippen LogP contribution is -1.97. The lowest BCUT2D eigenvalue weighted by atomic mass is 10.1. The molecule has 0 bridgehead atoms. The van der Waals surface area contributed by atoms with Gasteiger partial charge < -0.3 is 19.5 Å². The summed E-state index contributed by atoms with van der Waals surface area (Å²) < 4.78 is 18.0. The number of aromatic nitrogens is 3. The van der Waals surface area contributed by atoms with Crippen molar-refractivity contribution >= 4 is 17.3 Å². The van der Waals surface area contributed by atoms with Crippen molar-refractivity contribution in [2.75, 3.05) is 19.2 Å². The molecule has 4 aromatic rings. The molecule has 0 spiro atoms. The standard InChI is InChI=1S/C20H16N4O3/c1-25-15-6-3-13(4-7-15)18-19(24-10-2-9-21-20(24)23-18)22-14-5-8-16-17(11-14)27-12-26-16/h2-11,22H,12H2,1H3. The molecule has 1 N–H and O–H groups in total. The SMILES string of the molecule is COc1ccc(-c2nc3ncccn3c2Nc2ccc3c(c2)OCO3)cc1. The molecule has 0 saturated carbocycles. The van der Waals surface area contributed by atoms with E-state index in [2.05, 4.69) is 10.3 Å². The number of hydrogen-bond donors (Lipinski definition) is 1. The summed E-state index contributed by atoms with van der Waals surface area (Å²) in [6, 6.07) is 15.4. The fraction of sp³-hybridized carbons (Fsp3) is 0.100. The van der Waals surface area contributed by atoms with Crippen LogP contribution < -0.4 is 19.5 Å². The number of imidazole rings is 1. The van der Waals surface area contributed by atoms with Crippen LogP contribution in [0.5, 0.6) is 17.2 Å². The lowest BCUT2D eigenvalue weighted by molar-refractivity contribution is 0.174. The van der Waals surface area contributed by atoms with E-state index >= 15 is 0 Å². The molecule has 1 aliphatic rings. The van der Waals surface area contributed by atoms with E-state index in [1.165, 1.54) is 0 Å². The van der Waals surface area contributed by atoms with Gasteiger partial charge in [0, 0.05) is 29.7 Å². The molecular weight excluding hydrogens is 344 g/mol. The van der Waals surface area contributed by atoms with Crippen molar-refractivity contribution in [2.24, 2.45) is 0 Å². The van der Waals surface area contributed by atoms with Gasteiger partial charge in [-0.2, -0.15) is 0 Å². The zero-order valence-corrected chi connectivity index (χ0v) is 14.5. The van der Waals surface area contributed by atoms with Gasteiger partial charge in [0.25, 0.3) is 0 Å². The first-order valence-corrected chi connectivity index (χ1v) is 8.46. The molecule has 0 radical (unpaired) electrons. The fourth-order valence-electron chi connectivity index (χ4n) is 3.07. The van der Waals surface area contributed by atoms with Crippen LogP contribution in [0.2, 0.25) is 0 Å². The highest BCUT2D eigenvalue weighted by molar-refractivity contribution is 5.79. The van der Waals surface area contributed by atoms with Gasteiger partial charge in [-0.05, 0) is 42.5 Å². The van der Waals surface area contributed by atoms with Gasteiger partial charge in [-0.3, -0.25) is 4.40 Å².